The Balaban J connectivity index is 1.73. The van der Waals surface area contributed by atoms with Crippen molar-refractivity contribution in [1.82, 2.24) is 4.90 Å². The average Bonchev–Trinajstić information content (AvgIpc) is 2.95. The van der Waals surface area contributed by atoms with Gasteiger partial charge in [0.1, 0.15) is 11.5 Å². The lowest BCUT2D eigenvalue weighted by molar-refractivity contribution is 0.258. The number of aryl methyl sites for hydroxylation is 1. The number of allylic oxidation sites excluding steroid dienone is 2. The van der Waals surface area contributed by atoms with Crippen LogP contribution in [0.5, 0.6) is 23.0 Å². The van der Waals surface area contributed by atoms with Crippen LogP contribution in [0, 0.1) is 0 Å². The van der Waals surface area contributed by atoms with Gasteiger partial charge in [-0.05, 0) is 92.6 Å². The average molecular weight is 504 g/mol. The third kappa shape index (κ3) is 8.21. The summed E-state index contributed by atoms with van der Waals surface area (Å²) in [5, 5.41) is 0. The van der Waals surface area contributed by atoms with Crippen LogP contribution in [0.15, 0.2) is 78.5 Å². The normalized spacial score (nSPS) is 12.1. The van der Waals surface area contributed by atoms with E-state index in [2.05, 4.69) is 61.2 Å². The molecule has 0 aliphatic carbocycles. The summed E-state index contributed by atoms with van der Waals surface area (Å²) in [7, 11) is 6.75. The highest BCUT2D eigenvalue weighted by Gasteiger charge is 2.15. The summed E-state index contributed by atoms with van der Waals surface area (Å²) in [6.07, 6.45) is 6.21. The molecule has 37 heavy (non-hydrogen) atoms. The molecule has 0 aliphatic rings. The van der Waals surface area contributed by atoms with E-state index in [0.717, 1.165) is 55.2 Å². The largest absolute Gasteiger partial charge is 0.497 e. The molecule has 0 radical (unpaired) electrons. The minimum absolute atomic E-state index is 0.384. The molecule has 0 heterocycles. The number of hydrogen-bond donors (Lipinski definition) is 0. The summed E-state index contributed by atoms with van der Waals surface area (Å²) in [6, 6.07) is 23.3. The van der Waals surface area contributed by atoms with E-state index in [0.29, 0.717) is 6.04 Å². The smallest absolute Gasteiger partial charge is 0.160 e. The van der Waals surface area contributed by atoms with Gasteiger partial charge in [0.25, 0.3) is 0 Å². The number of methoxy groups -OCH3 is 4. The van der Waals surface area contributed by atoms with E-state index in [1.54, 1.807) is 28.4 Å². The SMILES string of the molecule is COc1ccc(C/C=C(/C)N(CCc2ccc(OC)c(OC)c2)C(C)CCc2ccc(OC)cc2)cc1. The second-order valence-electron chi connectivity index (χ2n) is 9.27. The highest BCUT2D eigenvalue weighted by Crippen LogP contribution is 2.28. The zero-order valence-electron chi connectivity index (χ0n) is 23.1. The third-order valence-corrected chi connectivity index (χ3v) is 6.88. The maximum absolute atomic E-state index is 5.52. The Bertz CT molecular complexity index is 1120. The van der Waals surface area contributed by atoms with E-state index in [4.69, 9.17) is 18.9 Å². The van der Waals surface area contributed by atoms with Gasteiger partial charge in [-0.1, -0.05) is 36.4 Å². The van der Waals surface area contributed by atoms with Gasteiger partial charge in [0, 0.05) is 18.3 Å². The molecule has 0 amide bonds. The van der Waals surface area contributed by atoms with E-state index in [1.807, 2.05) is 30.3 Å². The summed E-state index contributed by atoms with van der Waals surface area (Å²) < 4.78 is 21.5. The summed E-state index contributed by atoms with van der Waals surface area (Å²) >= 11 is 0. The van der Waals surface area contributed by atoms with Crippen molar-refractivity contribution in [3.63, 3.8) is 0 Å². The summed E-state index contributed by atoms with van der Waals surface area (Å²) in [5.41, 5.74) is 5.12. The van der Waals surface area contributed by atoms with E-state index < -0.39 is 0 Å². The predicted octanol–water partition coefficient (Wildman–Crippen LogP) is 6.73. The molecule has 1 atom stereocenters. The Morgan fingerprint density at radius 3 is 1.84 bits per heavy atom. The lowest BCUT2D eigenvalue weighted by Gasteiger charge is -2.32. The van der Waals surface area contributed by atoms with Crippen LogP contribution >= 0.6 is 0 Å². The fourth-order valence-corrected chi connectivity index (χ4v) is 4.50. The first kappa shape index (κ1) is 28.0. The quantitative estimate of drug-likeness (QED) is 0.244. The van der Waals surface area contributed by atoms with Crippen molar-refractivity contribution < 1.29 is 18.9 Å². The van der Waals surface area contributed by atoms with Crippen LogP contribution in [0.25, 0.3) is 0 Å². The van der Waals surface area contributed by atoms with Gasteiger partial charge in [0.2, 0.25) is 0 Å². The van der Waals surface area contributed by atoms with Gasteiger partial charge in [-0.25, -0.2) is 0 Å². The topological polar surface area (TPSA) is 40.2 Å². The van der Waals surface area contributed by atoms with Gasteiger partial charge in [-0.2, -0.15) is 0 Å². The highest BCUT2D eigenvalue weighted by molar-refractivity contribution is 5.43. The second-order valence-corrected chi connectivity index (χ2v) is 9.27. The van der Waals surface area contributed by atoms with Crippen LogP contribution < -0.4 is 18.9 Å². The first-order valence-electron chi connectivity index (χ1n) is 12.9. The van der Waals surface area contributed by atoms with Crippen LogP contribution in [0.3, 0.4) is 0 Å². The molecule has 0 saturated heterocycles. The number of nitrogens with zero attached hydrogens (tertiary/aromatic N) is 1. The Kier molecular flexibility index (Phi) is 10.8. The van der Waals surface area contributed by atoms with Gasteiger partial charge in [-0.3, -0.25) is 0 Å². The van der Waals surface area contributed by atoms with Crippen molar-refractivity contribution in [2.24, 2.45) is 0 Å². The monoisotopic (exact) mass is 503 g/mol. The van der Waals surface area contributed by atoms with Crippen LogP contribution in [-0.2, 0) is 19.3 Å². The number of ether oxygens (including phenoxy) is 4. The molecular formula is C32H41NO4. The molecule has 0 bridgehead atoms. The van der Waals surface area contributed by atoms with E-state index in [1.165, 1.54) is 22.4 Å². The molecule has 5 nitrogen and oxygen atoms in total. The zero-order chi connectivity index (χ0) is 26.6. The molecule has 1 unspecified atom stereocenters. The molecule has 5 heteroatoms. The Hall–Kier alpha value is -3.60. The summed E-state index contributed by atoms with van der Waals surface area (Å²) in [5.74, 6) is 3.30. The van der Waals surface area contributed by atoms with Gasteiger partial charge < -0.3 is 23.8 Å². The molecule has 0 aromatic heterocycles. The zero-order valence-corrected chi connectivity index (χ0v) is 23.1. The molecule has 0 saturated carbocycles. The van der Waals surface area contributed by atoms with E-state index in [9.17, 15) is 0 Å². The lowest BCUT2D eigenvalue weighted by Crippen LogP contribution is -2.34. The molecule has 0 aliphatic heterocycles. The summed E-state index contributed by atoms with van der Waals surface area (Å²) in [6.45, 7) is 5.47. The molecule has 3 rings (SSSR count). The molecule has 0 spiro atoms. The van der Waals surface area contributed by atoms with Crippen molar-refractivity contribution in [3.05, 3.63) is 95.2 Å². The number of hydrogen-bond acceptors (Lipinski definition) is 5. The molecule has 198 valence electrons. The standard InChI is InChI=1S/C32H41NO4/c1-24(7-9-26-11-16-29(34-3)17-12-26)33(22-21-28-15-20-31(36-5)32(23-28)37-6)25(2)8-10-27-13-18-30(35-4)19-14-27/h7,11-20,23,25H,8-10,21-22H2,1-6H3/b24-7-. The van der Waals surface area contributed by atoms with Gasteiger partial charge in [0.15, 0.2) is 11.5 Å². The minimum Gasteiger partial charge on any atom is -0.497 e. The lowest BCUT2D eigenvalue weighted by atomic mass is 10.0. The first-order chi connectivity index (χ1) is 18.0. The fraction of sp³-hybridized carbons (Fsp3) is 0.375. The van der Waals surface area contributed by atoms with Crippen LogP contribution in [0.4, 0.5) is 0 Å². The number of rotatable bonds is 14. The van der Waals surface area contributed by atoms with Gasteiger partial charge >= 0.3 is 0 Å². The molecule has 3 aromatic rings. The summed E-state index contributed by atoms with van der Waals surface area (Å²) in [4.78, 5) is 2.53. The Morgan fingerprint density at radius 2 is 1.27 bits per heavy atom. The third-order valence-electron chi connectivity index (χ3n) is 6.88. The van der Waals surface area contributed by atoms with Crippen LogP contribution in [0.1, 0.15) is 37.0 Å². The maximum Gasteiger partial charge on any atom is 0.160 e. The molecular weight excluding hydrogens is 462 g/mol. The van der Waals surface area contributed by atoms with Gasteiger partial charge in [0.05, 0.1) is 28.4 Å². The van der Waals surface area contributed by atoms with E-state index >= 15 is 0 Å². The molecule has 0 fully saturated rings. The Morgan fingerprint density at radius 1 is 0.703 bits per heavy atom. The van der Waals surface area contributed by atoms with Crippen molar-refractivity contribution >= 4 is 0 Å². The van der Waals surface area contributed by atoms with Crippen molar-refractivity contribution in [1.29, 1.82) is 0 Å². The Labute approximate surface area is 222 Å². The predicted molar refractivity (Wildman–Crippen MR) is 151 cm³/mol. The van der Waals surface area contributed by atoms with Crippen molar-refractivity contribution in [3.8, 4) is 23.0 Å². The van der Waals surface area contributed by atoms with Crippen LogP contribution in [0.2, 0.25) is 0 Å². The van der Waals surface area contributed by atoms with E-state index in [-0.39, 0.29) is 0 Å². The maximum atomic E-state index is 5.52. The number of benzene rings is 3. The first-order valence-corrected chi connectivity index (χ1v) is 12.9. The second kappa shape index (κ2) is 14.2. The van der Waals surface area contributed by atoms with Crippen LogP contribution in [-0.4, -0.2) is 45.9 Å². The molecule has 0 N–H and O–H groups in total. The van der Waals surface area contributed by atoms with Crippen molar-refractivity contribution in [2.45, 2.75) is 45.6 Å². The minimum atomic E-state index is 0.384. The highest BCUT2D eigenvalue weighted by atomic mass is 16.5. The van der Waals surface area contributed by atoms with Gasteiger partial charge in [-0.15, -0.1) is 0 Å². The van der Waals surface area contributed by atoms with Crippen molar-refractivity contribution in [2.75, 3.05) is 35.0 Å². The fourth-order valence-electron chi connectivity index (χ4n) is 4.50. The molecule has 3 aromatic carbocycles.